The Labute approximate surface area is 104 Å². The quantitative estimate of drug-likeness (QED) is 0.698. The number of rotatable bonds is 2. The van der Waals surface area contributed by atoms with Gasteiger partial charge >= 0.3 is 0 Å². The van der Waals surface area contributed by atoms with Crippen molar-refractivity contribution >= 4 is 5.91 Å². The number of amides is 1. The Bertz CT molecular complexity index is 276. The second-order valence-electron chi connectivity index (χ2n) is 5.67. The van der Waals surface area contributed by atoms with Crippen LogP contribution in [0.25, 0.3) is 0 Å². The van der Waals surface area contributed by atoms with E-state index < -0.39 is 0 Å². The van der Waals surface area contributed by atoms with Gasteiger partial charge in [0.05, 0.1) is 0 Å². The number of hydrogen-bond donors (Lipinski definition) is 2. The van der Waals surface area contributed by atoms with Crippen molar-refractivity contribution in [3.8, 4) is 0 Å². The van der Waals surface area contributed by atoms with Crippen LogP contribution in [-0.2, 0) is 4.79 Å². The summed E-state index contributed by atoms with van der Waals surface area (Å²) in [6.45, 7) is 6.15. The number of hydrogen-bond acceptors (Lipinski definition) is 3. The van der Waals surface area contributed by atoms with Crippen LogP contribution in [0.15, 0.2) is 0 Å². The second kappa shape index (κ2) is 5.36. The van der Waals surface area contributed by atoms with Gasteiger partial charge in [0, 0.05) is 26.2 Å². The van der Waals surface area contributed by atoms with Gasteiger partial charge in [-0.3, -0.25) is 9.69 Å². The predicted molar refractivity (Wildman–Crippen MR) is 68.6 cm³/mol. The Kier molecular flexibility index (Phi) is 4.05. The number of carbonyl (C=O) groups is 1. The molecule has 2 rings (SSSR count). The van der Waals surface area contributed by atoms with Gasteiger partial charge in [0.2, 0.25) is 5.91 Å². The number of nitrogens with zero attached hydrogens (tertiary/aromatic N) is 1. The van der Waals surface area contributed by atoms with Gasteiger partial charge in [-0.05, 0) is 25.2 Å². The summed E-state index contributed by atoms with van der Waals surface area (Å²) >= 11 is 0. The largest absolute Gasteiger partial charge is 0.368 e. The van der Waals surface area contributed by atoms with E-state index in [-0.39, 0.29) is 11.4 Å². The van der Waals surface area contributed by atoms with Crippen LogP contribution in [0.4, 0.5) is 0 Å². The first-order valence-electron chi connectivity index (χ1n) is 6.91. The maximum atomic E-state index is 12.0. The molecule has 2 aliphatic rings. The van der Waals surface area contributed by atoms with Crippen molar-refractivity contribution in [1.29, 1.82) is 0 Å². The fourth-order valence-electron chi connectivity index (χ4n) is 3.31. The lowest BCUT2D eigenvalue weighted by Crippen LogP contribution is -2.62. The van der Waals surface area contributed by atoms with Crippen molar-refractivity contribution in [2.75, 3.05) is 26.2 Å². The van der Waals surface area contributed by atoms with Crippen LogP contribution < -0.4 is 11.1 Å². The third-order valence-corrected chi connectivity index (χ3v) is 4.52. The summed E-state index contributed by atoms with van der Waals surface area (Å²) in [6, 6.07) is 0. The van der Waals surface area contributed by atoms with Crippen LogP contribution in [0.1, 0.15) is 39.0 Å². The van der Waals surface area contributed by atoms with E-state index >= 15 is 0 Å². The van der Waals surface area contributed by atoms with E-state index in [2.05, 4.69) is 17.1 Å². The molecule has 2 unspecified atom stereocenters. The molecule has 0 bridgehead atoms. The van der Waals surface area contributed by atoms with Crippen molar-refractivity contribution in [2.45, 2.75) is 44.6 Å². The average molecular weight is 239 g/mol. The normalized spacial score (nSPS) is 36.4. The number of nitrogens with two attached hydrogens (primary N) is 1. The zero-order valence-electron chi connectivity index (χ0n) is 10.9. The van der Waals surface area contributed by atoms with Gasteiger partial charge in [-0.15, -0.1) is 0 Å². The molecule has 1 heterocycles. The lowest BCUT2D eigenvalue weighted by atomic mass is 9.86. The molecule has 0 aromatic carbocycles. The smallest absolute Gasteiger partial charge is 0.237 e. The third-order valence-electron chi connectivity index (χ3n) is 4.52. The minimum absolute atomic E-state index is 0.103. The summed E-state index contributed by atoms with van der Waals surface area (Å²) in [4.78, 5) is 14.3. The van der Waals surface area contributed by atoms with Crippen molar-refractivity contribution in [2.24, 2.45) is 11.7 Å². The molecule has 4 nitrogen and oxygen atoms in total. The third kappa shape index (κ3) is 2.63. The first-order valence-corrected chi connectivity index (χ1v) is 6.91. The summed E-state index contributed by atoms with van der Waals surface area (Å²) in [7, 11) is 0. The molecular weight excluding hydrogens is 214 g/mol. The molecule has 98 valence electrons. The molecule has 2 fully saturated rings. The van der Waals surface area contributed by atoms with Crippen molar-refractivity contribution < 1.29 is 4.79 Å². The molecule has 1 amide bonds. The van der Waals surface area contributed by atoms with Crippen molar-refractivity contribution in [3.05, 3.63) is 0 Å². The molecule has 3 N–H and O–H groups in total. The average Bonchev–Trinajstić information content (AvgIpc) is 2.53. The van der Waals surface area contributed by atoms with E-state index in [0.29, 0.717) is 0 Å². The standard InChI is InChI=1S/C13H25N3O/c1-11-3-2-5-13(6-4-11,12(14)17)16-9-7-15-8-10-16/h11,15H,2-10H2,1H3,(H2,14,17). The molecule has 1 saturated heterocycles. The van der Waals surface area contributed by atoms with E-state index in [1.807, 2.05) is 0 Å². The van der Waals surface area contributed by atoms with Gasteiger partial charge in [0.15, 0.2) is 0 Å². The van der Waals surface area contributed by atoms with Crippen LogP contribution in [-0.4, -0.2) is 42.5 Å². The van der Waals surface area contributed by atoms with E-state index in [1.54, 1.807) is 0 Å². The Morgan fingerprint density at radius 1 is 1.29 bits per heavy atom. The Morgan fingerprint density at radius 3 is 2.65 bits per heavy atom. The highest BCUT2D eigenvalue weighted by molar-refractivity contribution is 5.84. The fourth-order valence-corrected chi connectivity index (χ4v) is 3.31. The van der Waals surface area contributed by atoms with Crippen molar-refractivity contribution in [3.63, 3.8) is 0 Å². The maximum absolute atomic E-state index is 12.0. The molecule has 1 aliphatic heterocycles. The maximum Gasteiger partial charge on any atom is 0.237 e. The second-order valence-corrected chi connectivity index (χ2v) is 5.67. The van der Waals surface area contributed by atoms with Crippen LogP contribution in [0.5, 0.6) is 0 Å². The molecule has 17 heavy (non-hydrogen) atoms. The molecule has 1 aliphatic carbocycles. The fraction of sp³-hybridized carbons (Fsp3) is 0.923. The summed E-state index contributed by atoms with van der Waals surface area (Å²) < 4.78 is 0. The highest BCUT2D eigenvalue weighted by Crippen LogP contribution is 2.34. The first kappa shape index (κ1) is 12.8. The van der Waals surface area contributed by atoms with E-state index in [9.17, 15) is 4.79 Å². The van der Waals surface area contributed by atoms with Crippen LogP contribution in [0.3, 0.4) is 0 Å². The Hall–Kier alpha value is -0.610. The molecule has 2 atom stereocenters. The van der Waals surface area contributed by atoms with E-state index in [0.717, 1.165) is 57.8 Å². The number of piperazine rings is 1. The number of primary amides is 1. The minimum atomic E-state index is -0.354. The number of nitrogens with one attached hydrogen (secondary N) is 1. The first-order chi connectivity index (χ1) is 8.15. The summed E-state index contributed by atoms with van der Waals surface area (Å²) in [6.07, 6.45) is 5.40. The van der Waals surface area contributed by atoms with Crippen LogP contribution in [0.2, 0.25) is 0 Å². The van der Waals surface area contributed by atoms with E-state index in [1.165, 1.54) is 6.42 Å². The predicted octanol–water partition coefficient (Wildman–Crippen LogP) is 0.716. The van der Waals surface area contributed by atoms with E-state index in [4.69, 9.17) is 5.73 Å². The molecule has 1 saturated carbocycles. The zero-order valence-corrected chi connectivity index (χ0v) is 10.9. The SMILES string of the molecule is CC1CCCC(C(N)=O)(N2CCNCC2)CC1. The molecule has 0 spiro atoms. The van der Waals surface area contributed by atoms with Crippen molar-refractivity contribution in [1.82, 2.24) is 10.2 Å². The molecule has 0 aromatic heterocycles. The molecule has 0 radical (unpaired) electrons. The van der Waals surface area contributed by atoms with Gasteiger partial charge in [-0.25, -0.2) is 0 Å². The zero-order chi connectivity index (χ0) is 12.3. The number of carbonyl (C=O) groups excluding carboxylic acids is 1. The van der Waals surface area contributed by atoms with Gasteiger partial charge in [0.1, 0.15) is 5.54 Å². The van der Waals surface area contributed by atoms with Crippen LogP contribution >= 0.6 is 0 Å². The molecule has 0 aromatic rings. The van der Waals surface area contributed by atoms with Gasteiger partial charge in [-0.2, -0.15) is 0 Å². The Balaban J connectivity index is 2.15. The minimum Gasteiger partial charge on any atom is -0.368 e. The monoisotopic (exact) mass is 239 g/mol. The lowest BCUT2D eigenvalue weighted by molar-refractivity contribution is -0.132. The summed E-state index contributed by atoms with van der Waals surface area (Å²) in [5, 5.41) is 3.34. The van der Waals surface area contributed by atoms with Crippen LogP contribution in [0, 0.1) is 5.92 Å². The highest BCUT2D eigenvalue weighted by atomic mass is 16.1. The topological polar surface area (TPSA) is 58.4 Å². The molecule has 4 heteroatoms. The Morgan fingerprint density at radius 2 is 2.00 bits per heavy atom. The molecular formula is C13H25N3O. The highest BCUT2D eigenvalue weighted by Gasteiger charge is 2.43. The summed E-state index contributed by atoms with van der Waals surface area (Å²) in [5.74, 6) is 0.632. The van der Waals surface area contributed by atoms with Gasteiger partial charge < -0.3 is 11.1 Å². The van der Waals surface area contributed by atoms with Gasteiger partial charge in [-0.1, -0.05) is 19.8 Å². The lowest BCUT2D eigenvalue weighted by Gasteiger charge is -2.43. The summed E-state index contributed by atoms with van der Waals surface area (Å²) in [5.41, 5.74) is 5.39. The van der Waals surface area contributed by atoms with Gasteiger partial charge in [0.25, 0.3) is 0 Å².